The summed E-state index contributed by atoms with van der Waals surface area (Å²) in [6, 6.07) is 0. The average molecular weight is 228 g/mol. The van der Waals surface area contributed by atoms with E-state index in [0.717, 1.165) is 0 Å². The van der Waals surface area contributed by atoms with E-state index in [1.54, 1.807) is 0 Å². The molecule has 30 valence electrons. The second-order valence-electron chi connectivity index (χ2n) is 0.0505. The minimum atomic E-state index is 0. The van der Waals surface area contributed by atoms with Crippen LogP contribution >= 0.6 is 20.2 Å². The van der Waals surface area contributed by atoms with Crippen molar-refractivity contribution in [1.82, 2.24) is 0 Å². The molecule has 0 nitrogen and oxygen atoms in total. The Bertz CT molecular complexity index is 6.00. The Kier molecular flexibility index (Phi) is 20.3. The van der Waals surface area contributed by atoms with Crippen LogP contribution in [0.1, 0.15) is 0 Å². The Labute approximate surface area is 52.6 Å². The van der Waals surface area contributed by atoms with Gasteiger partial charge in [0.2, 0.25) is 0 Å². The first-order valence-electron chi connectivity index (χ1n) is 0.267. The summed E-state index contributed by atoms with van der Waals surface area (Å²) >= 11 is 0.194. The van der Waals surface area contributed by atoms with Crippen molar-refractivity contribution in [3.8, 4) is 0 Å². The molecule has 0 fully saturated rings. The zero-order valence-corrected chi connectivity index (χ0v) is 5.82. The van der Waals surface area contributed by atoms with Gasteiger partial charge in [0.25, 0.3) is 0 Å². The van der Waals surface area contributed by atoms with E-state index in [1.165, 1.54) is 0 Å². The van der Waals surface area contributed by atoms with Crippen LogP contribution in [0.5, 0.6) is 0 Å². The second kappa shape index (κ2) is 8.83. The van der Waals surface area contributed by atoms with E-state index >= 15 is 0 Å². The molecule has 0 aliphatic carbocycles. The van der Waals surface area contributed by atoms with Crippen LogP contribution in [0.3, 0.4) is 0 Å². The summed E-state index contributed by atoms with van der Waals surface area (Å²) in [5.41, 5.74) is 0. The molecular formula is Cl2FeRu. The summed E-state index contributed by atoms with van der Waals surface area (Å²) in [5, 5.41) is 0. The third kappa shape index (κ3) is 9.30. The molecule has 0 N–H and O–H groups in total. The first-order valence-corrected chi connectivity index (χ1v) is 3.31. The van der Waals surface area contributed by atoms with E-state index < -0.39 is 0 Å². The molecule has 0 aromatic rings. The molecule has 0 saturated carbocycles. The van der Waals surface area contributed by atoms with Gasteiger partial charge in [-0.2, -0.15) is 0 Å². The molecular weight excluding hydrogens is 228 g/mol. The normalized spacial score (nSPS) is 5.50. The average Bonchev–Trinajstić information content (AvgIpc) is 0.918. The van der Waals surface area contributed by atoms with Gasteiger partial charge in [0.1, 0.15) is 0 Å². The van der Waals surface area contributed by atoms with Crippen LogP contribution in [0.15, 0.2) is 0 Å². The fourth-order valence-electron chi connectivity index (χ4n) is 0. The summed E-state index contributed by atoms with van der Waals surface area (Å²) in [7, 11) is 9.53. The third-order valence-electron chi connectivity index (χ3n) is 0. The Morgan fingerprint density at radius 3 is 1.25 bits per heavy atom. The van der Waals surface area contributed by atoms with Gasteiger partial charge >= 0.3 is 33.3 Å². The maximum absolute atomic E-state index is 4.76. The molecule has 0 unspecified atom stereocenters. The summed E-state index contributed by atoms with van der Waals surface area (Å²) in [5.74, 6) is 0. The standard InChI is InChI=1S/2ClH.Fe.Ru/h2*1H;;/q;;+2;/p-2. The molecule has 0 aromatic carbocycles. The molecule has 0 radical (unpaired) electrons. The van der Waals surface area contributed by atoms with Crippen molar-refractivity contribution in [1.29, 1.82) is 0 Å². The predicted octanol–water partition coefficient (Wildman–Crippen LogP) is 1.37. The molecule has 0 heterocycles. The van der Waals surface area contributed by atoms with Gasteiger partial charge in [-0.3, -0.25) is 0 Å². The minimum Gasteiger partial charge on any atom is 0 e. The Morgan fingerprint density at radius 2 is 1.25 bits per heavy atom. The number of halogens is 2. The van der Waals surface area contributed by atoms with Crippen LogP contribution in [0, 0.1) is 0 Å². The van der Waals surface area contributed by atoms with Crippen LogP contribution < -0.4 is 0 Å². The van der Waals surface area contributed by atoms with Crippen LogP contribution in [-0.4, -0.2) is 0 Å². The number of hydrogen-bond acceptors (Lipinski definition) is 0. The van der Waals surface area contributed by atoms with E-state index in [0.29, 0.717) is 0 Å². The van der Waals surface area contributed by atoms with Gasteiger partial charge in [-0.15, -0.1) is 0 Å². The van der Waals surface area contributed by atoms with Gasteiger partial charge in [0.05, 0.1) is 0 Å². The van der Waals surface area contributed by atoms with Crippen molar-refractivity contribution in [3.05, 3.63) is 0 Å². The molecule has 0 aliphatic rings. The van der Waals surface area contributed by atoms with Crippen molar-refractivity contribution in [2.24, 2.45) is 0 Å². The number of rotatable bonds is 0. The summed E-state index contributed by atoms with van der Waals surface area (Å²) in [6.45, 7) is 0. The van der Waals surface area contributed by atoms with Gasteiger partial charge < -0.3 is 0 Å². The van der Waals surface area contributed by atoms with E-state index in [2.05, 4.69) is 0 Å². The van der Waals surface area contributed by atoms with Gasteiger partial charge in [0.15, 0.2) is 0 Å². The maximum atomic E-state index is 4.76. The summed E-state index contributed by atoms with van der Waals surface area (Å²) < 4.78 is 0. The van der Waals surface area contributed by atoms with Gasteiger partial charge in [-0.1, -0.05) is 0 Å². The quantitative estimate of drug-likeness (QED) is 0.549. The van der Waals surface area contributed by atoms with Crippen molar-refractivity contribution in [3.63, 3.8) is 0 Å². The molecule has 4 heteroatoms. The molecule has 0 aromatic heterocycles. The van der Waals surface area contributed by atoms with Crippen LogP contribution in [-0.2, 0) is 32.6 Å². The van der Waals surface area contributed by atoms with Gasteiger partial charge in [-0.25, -0.2) is 0 Å². The molecule has 0 spiro atoms. The zero-order valence-electron chi connectivity index (χ0n) is 1.46. The van der Waals surface area contributed by atoms with Gasteiger partial charge in [-0.05, 0) is 0 Å². The fourth-order valence-corrected chi connectivity index (χ4v) is 0. The fraction of sp³-hybridized carbons (Fsp3) is 0. The van der Waals surface area contributed by atoms with E-state index in [1.807, 2.05) is 0 Å². The van der Waals surface area contributed by atoms with Crippen LogP contribution in [0.4, 0.5) is 0 Å². The molecule has 0 aliphatic heterocycles. The van der Waals surface area contributed by atoms with Crippen molar-refractivity contribution >= 4 is 20.2 Å². The topological polar surface area (TPSA) is 0 Å². The monoisotopic (exact) mass is 228 g/mol. The smallest absolute Gasteiger partial charge is 0 e. The van der Waals surface area contributed by atoms with E-state index in [9.17, 15) is 0 Å². The number of hydrogen-bond donors (Lipinski definition) is 0. The van der Waals surface area contributed by atoms with Crippen molar-refractivity contribution in [2.45, 2.75) is 0 Å². The van der Waals surface area contributed by atoms with Crippen LogP contribution in [0.25, 0.3) is 0 Å². The maximum Gasteiger partial charge on any atom is 0 e. The molecule has 0 amide bonds. The predicted molar refractivity (Wildman–Crippen MR) is 11.7 cm³/mol. The Balaban J connectivity index is 0. The summed E-state index contributed by atoms with van der Waals surface area (Å²) in [6.07, 6.45) is 0. The zero-order chi connectivity index (χ0) is 2.71. The first kappa shape index (κ1) is 9.21. The Morgan fingerprint density at radius 1 is 1.25 bits per heavy atom. The molecule has 0 bridgehead atoms. The van der Waals surface area contributed by atoms with E-state index in [-0.39, 0.29) is 32.6 Å². The first-order chi connectivity index (χ1) is 1.41. The molecule has 0 atom stereocenters. The van der Waals surface area contributed by atoms with Crippen molar-refractivity contribution < 1.29 is 32.6 Å². The SMILES string of the molecule is [Cl][Fe][Cl].[Ru]. The third-order valence-corrected chi connectivity index (χ3v) is 0. The second-order valence-corrected chi connectivity index (χ2v) is 1.87. The Hall–Kier alpha value is 1.72. The molecule has 0 saturated heterocycles. The minimum absolute atomic E-state index is 0. The largest absolute Gasteiger partial charge is 0 e. The molecule has 4 heavy (non-hydrogen) atoms. The van der Waals surface area contributed by atoms with Gasteiger partial charge in [0, 0.05) is 19.5 Å². The summed E-state index contributed by atoms with van der Waals surface area (Å²) in [4.78, 5) is 0. The van der Waals surface area contributed by atoms with Crippen LogP contribution in [0.2, 0.25) is 0 Å². The van der Waals surface area contributed by atoms with Crippen molar-refractivity contribution in [2.75, 3.05) is 0 Å². The van der Waals surface area contributed by atoms with E-state index in [4.69, 9.17) is 20.2 Å². The molecule has 0 rings (SSSR count).